The van der Waals surface area contributed by atoms with E-state index in [1.165, 1.54) is 4.88 Å². The Bertz CT molecular complexity index is 519. The van der Waals surface area contributed by atoms with E-state index in [-0.39, 0.29) is 6.04 Å². The number of nitrogens with one attached hydrogen (secondary N) is 1. The molecular weight excluding hydrogens is 230 g/mol. The SMILES string of the molecule is Cc1cc(NC(C)c2sc(C)nc2C)ccn1. The predicted molar refractivity (Wildman–Crippen MR) is 72.6 cm³/mol. The van der Waals surface area contributed by atoms with Crippen LogP contribution in [0.3, 0.4) is 0 Å². The molecule has 2 aromatic heterocycles. The molecule has 0 aliphatic rings. The van der Waals surface area contributed by atoms with E-state index in [1.54, 1.807) is 11.3 Å². The van der Waals surface area contributed by atoms with Crippen LogP contribution in [0.15, 0.2) is 18.3 Å². The third-order valence-corrected chi connectivity index (χ3v) is 3.87. The zero-order chi connectivity index (χ0) is 12.4. The van der Waals surface area contributed by atoms with E-state index >= 15 is 0 Å². The topological polar surface area (TPSA) is 37.8 Å². The van der Waals surface area contributed by atoms with E-state index in [2.05, 4.69) is 35.2 Å². The molecule has 1 unspecified atom stereocenters. The monoisotopic (exact) mass is 247 g/mol. The average molecular weight is 247 g/mol. The summed E-state index contributed by atoms with van der Waals surface area (Å²) in [5.74, 6) is 0. The number of rotatable bonds is 3. The van der Waals surface area contributed by atoms with Crippen molar-refractivity contribution in [1.29, 1.82) is 0 Å². The minimum absolute atomic E-state index is 0.281. The van der Waals surface area contributed by atoms with Crippen LogP contribution in [0.5, 0.6) is 0 Å². The fourth-order valence-electron chi connectivity index (χ4n) is 1.90. The fraction of sp³-hybridized carbons (Fsp3) is 0.385. The first-order valence-electron chi connectivity index (χ1n) is 5.69. The Morgan fingerprint density at radius 2 is 2.06 bits per heavy atom. The zero-order valence-electron chi connectivity index (χ0n) is 10.6. The number of hydrogen-bond donors (Lipinski definition) is 1. The zero-order valence-corrected chi connectivity index (χ0v) is 11.4. The second kappa shape index (κ2) is 4.84. The molecule has 17 heavy (non-hydrogen) atoms. The van der Waals surface area contributed by atoms with Gasteiger partial charge in [-0.1, -0.05) is 0 Å². The lowest BCUT2D eigenvalue weighted by molar-refractivity contribution is 0.888. The Kier molecular flexibility index (Phi) is 3.43. The molecular formula is C13H17N3S. The summed E-state index contributed by atoms with van der Waals surface area (Å²) in [7, 11) is 0. The van der Waals surface area contributed by atoms with Gasteiger partial charge in [-0.05, 0) is 39.8 Å². The highest BCUT2D eigenvalue weighted by atomic mass is 32.1. The molecule has 0 amide bonds. The summed E-state index contributed by atoms with van der Waals surface area (Å²) in [6.45, 7) is 8.27. The van der Waals surface area contributed by atoms with Crippen LogP contribution in [0.25, 0.3) is 0 Å². The molecule has 2 aromatic rings. The van der Waals surface area contributed by atoms with Gasteiger partial charge in [0.15, 0.2) is 0 Å². The number of thiazole rings is 1. The first-order valence-corrected chi connectivity index (χ1v) is 6.51. The molecule has 0 spiro atoms. The van der Waals surface area contributed by atoms with Gasteiger partial charge in [-0.25, -0.2) is 4.98 Å². The molecule has 0 radical (unpaired) electrons. The summed E-state index contributed by atoms with van der Waals surface area (Å²) in [5.41, 5.74) is 3.26. The number of hydrogen-bond acceptors (Lipinski definition) is 4. The molecule has 1 N–H and O–H groups in total. The van der Waals surface area contributed by atoms with Crippen LogP contribution in [0.4, 0.5) is 5.69 Å². The van der Waals surface area contributed by atoms with Gasteiger partial charge < -0.3 is 5.32 Å². The summed E-state index contributed by atoms with van der Waals surface area (Å²) in [5, 5.41) is 4.61. The molecule has 2 rings (SSSR count). The second-order valence-corrected chi connectivity index (χ2v) is 5.47. The number of pyridine rings is 1. The lowest BCUT2D eigenvalue weighted by Gasteiger charge is -2.14. The summed E-state index contributed by atoms with van der Waals surface area (Å²) < 4.78 is 0. The van der Waals surface area contributed by atoms with Crippen molar-refractivity contribution in [3.05, 3.63) is 39.6 Å². The molecule has 2 heterocycles. The number of anilines is 1. The third kappa shape index (κ3) is 2.82. The molecule has 0 aliphatic heterocycles. The van der Waals surface area contributed by atoms with Crippen LogP contribution in [-0.4, -0.2) is 9.97 Å². The Labute approximate surface area is 106 Å². The number of aromatic nitrogens is 2. The molecule has 0 aromatic carbocycles. The van der Waals surface area contributed by atoms with Crippen molar-refractivity contribution in [2.75, 3.05) is 5.32 Å². The molecule has 0 bridgehead atoms. The fourth-order valence-corrected chi connectivity index (χ4v) is 2.83. The van der Waals surface area contributed by atoms with E-state index in [1.807, 2.05) is 26.1 Å². The summed E-state index contributed by atoms with van der Waals surface area (Å²) in [6, 6.07) is 4.33. The van der Waals surface area contributed by atoms with Gasteiger partial charge in [0.05, 0.1) is 16.7 Å². The minimum atomic E-state index is 0.281. The maximum Gasteiger partial charge on any atom is 0.0900 e. The lowest BCUT2D eigenvalue weighted by atomic mass is 10.2. The van der Waals surface area contributed by atoms with Crippen molar-refractivity contribution >= 4 is 17.0 Å². The van der Waals surface area contributed by atoms with Crippen LogP contribution in [-0.2, 0) is 0 Å². The van der Waals surface area contributed by atoms with Crippen molar-refractivity contribution in [2.45, 2.75) is 33.7 Å². The highest BCUT2D eigenvalue weighted by Gasteiger charge is 2.12. The molecule has 90 valence electrons. The normalized spacial score (nSPS) is 12.5. The Balaban J connectivity index is 2.16. The van der Waals surface area contributed by atoms with Gasteiger partial charge in [-0.2, -0.15) is 0 Å². The maximum atomic E-state index is 4.46. The Morgan fingerprint density at radius 3 is 2.65 bits per heavy atom. The Hall–Kier alpha value is -1.42. The first-order chi connectivity index (χ1) is 8.06. The largest absolute Gasteiger partial charge is 0.378 e. The van der Waals surface area contributed by atoms with E-state index < -0.39 is 0 Å². The summed E-state index contributed by atoms with van der Waals surface area (Å²) in [6.07, 6.45) is 1.83. The lowest BCUT2D eigenvalue weighted by Crippen LogP contribution is -2.06. The van der Waals surface area contributed by atoms with Crippen molar-refractivity contribution in [2.24, 2.45) is 0 Å². The smallest absolute Gasteiger partial charge is 0.0900 e. The minimum Gasteiger partial charge on any atom is -0.378 e. The van der Waals surface area contributed by atoms with Crippen molar-refractivity contribution < 1.29 is 0 Å². The van der Waals surface area contributed by atoms with Crippen molar-refractivity contribution in [3.63, 3.8) is 0 Å². The van der Waals surface area contributed by atoms with Gasteiger partial charge >= 0.3 is 0 Å². The first kappa shape index (κ1) is 12.0. The van der Waals surface area contributed by atoms with E-state index in [4.69, 9.17) is 0 Å². The van der Waals surface area contributed by atoms with Crippen LogP contribution in [0, 0.1) is 20.8 Å². The highest BCUT2D eigenvalue weighted by Crippen LogP contribution is 2.27. The van der Waals surface area contributed by atoms with Gasteiger partial charge in [0.25, 0.3) is 0 Å². The summed E-state index contributed by atoms with van der Waals surface area (Å²) >= 11 is 1.76. The highest BCUT2D eigenvalue weighted by molar-refractivity contribution is 7.11. The standard InChI is InChI=1S/C13H17N3S/c1-8-7-12(5-6-14-8)16-10(3)13-9(2)15-11(4)17-13/h5-7,10H,1-4H3,(H,14,16). The number of aryl methyl sites for hydroxylation is 3. The van der Waals surface area contributed by atoms with Gasteiger partial charge in [-0.3, -0.25) is 4.98 Å². The van der Waals surface area contributed by atoms with Crippen LogP contribution in [0.2, 0.25) is 0 Å². The molecule has 0 saturated heterocycles. The predicted octanol–water partition coefficient (Wildman–Crippen LogP) is 3.64. The maximum absolute atomic E-state index is 4.46. The van der Waals surface area contributed by atoms with E-state index in [0.717, 1.165) is 22.1 Å². The molecule has 4 heteroatoms. The van der Waals surface area contributed by atoms with Gasteiger partial charge in [0.2, 0.25) is 0 Å². The van der Waals surface area contributed by atoms with E-state index in [0.29, 0.717) is 0 Å². The summed E-state index contributed by atoms with van der Waals surface area (Å²) in [4.78, 5) is 9.95. The quantitative estimate of drug-likeness (QED) is 0.900. The number of nitrogens with zero attached hydrogens (tertiary/aromatic N) is 2. The molecule has 0 aliphatic carbocycles. The van der Waals surface area contributed by atoms with Gasteiger partial charge in [-0.15, -0.1) is 11.3 Å². The molecule has 3 nitrogen and oxygen atoms in total. The van der Waals surface area contributed by atoms with Gasteiger partial charge in [0.1, 0.15) is 0 Å². The van der Waals surface area contributed by atoms with Crippen LogP contribution < -0.4 is 5.32 Å². The van der Waals surface area contributed by atoms with Crippen molar-refractivity contribution in [1.82, 2.24) is 9.97 Å². The van der Waals surface area contributed by atoms with Crippen LogP contribution in [0.1, 0.15) is 34.2 Å². The van der Waals surface area contributed by atoms with Crippen LogP contribution >= 0.6 is 11.3 Å². The van der Waals surface area contributed by atoms with Gasteiger partial charge in [0, 0.05) is 22.5 Å². The Morgan fingerprint density at radius 1 is 1.29 bits per heavy atom. The molecule has 0 fully saturated rings. The second-order valence-electron chi connectivity index (χ2n) is 4.23. The average Bonchev–Trinajstić information content (AvgIpc) is 2.58. The molecule has 1 atom stereocenters. The third-order valence-electron chi connectivity index (χ3n) is 2.61. The molecule has 0 saturated carbocycles. The van der Waals surface area contributed by atoms with E-state index in [9.17, 15) is 0 Å². The van der Waals surface area contributed by atoms with Crippen molar-refractivity contribution in [3.8, 4) is 0 Å².